The fraction of sp³-hybridized carbons (Fsp3) is 0. The van der Waals surface area contributed by atoms with Crippen LogP contribution in [0.25, 0.3) is 220 Å². The highest BCUT2D eigenvalue weighted by atomic mass is 35.5. The summed E-state index contributed by atoms with van der Waals surface area (Å²) < 4.78 is 46.3. The number of hydrogen-bond acceptors (Lipinski definition) is 10. The first-order valence-electron chi connectivity index (χ1n) is 44.7. The van der Waals surface area contributed by atoms with Gasteiger partial charge in [0.2, 0.25) is 0 Å². The smallest absolute Gasteiger partial charge is 0.143 e. The maximum Gasteiger partial charge on any atom is 0.143 e. The second kappa shape index (κ2) is 31.8. The Morgan fingerprint density at radius 3 is 0.716 bits per heavy atom. The minimum Gasteiger partial charge on any atom is -0.456 e. The molecule has 0 aliphatic carbocycles. The molecular weight excluding hydrogens is 1690 g/mol. The SMILES string of the molecule is Clc1ccc2c(c1)oc1c(-c3ccccc3)c3cc4c(oc5cc(Cl)ccc54)c(-c4ccccc4)c3cc12.c1ccc(-c2c3cc4c(oc5cc(N(c6ccccc6)c6ccc7c(c6)oc6ccccc67)ccc54)c(-c4ccccc4)c3cc3c2oc2cc(N(c4ccccc4)c4ccc5c(c4)oc4ccccc45)ccc23)cc1.c1ccc(Nc2ccc3c(c2)oc2ccccc23)cc1. The van der Waals surface area contributed by atoms with E-state index >= 15 is 0 Å². The summed E-state index contributed by atoms with van der Waals surface area (Å²) in [5, 5.41) is 23.9. The van der Waals surface area contributed by atoms with E-state index in [1.807, 2.05) is 140 Å². The van der Waals surface area contributed by atoms with E-state index in [0.717, 1.165) is 265 Å². The van der Waals surface area contributed by atoms with Gasteiger partial charge in [-0.15, -0.1) is 0 Å². The lowest BCUT2D eigenvalue weighted by Crippen LogP contribution is -2.09. The van der Waals surface area contributed by atoms with Gasteiger partial charge in [-0.25, -0.2) is 0 Å². The number of benzene rings is 21. The topological polar surface area (TPSA) is 110 Å². The molecule has 7 aromatic heterocycles. The maximum atomic E-state index is 7.23. The molecule has 7 heterocycles. The highest BCUT2D eigenvalue weighted by molar-refractivity contribution is 6.34. The summed E-state index contributed by atoms with van der Waals surface area (Å²) in [7, 11) is 0. The molecule has 0 fully saturated rings. The van der Waals surface area contributed by atoms with Gasteiger partial charge in [0, 0.05) is 196 Å². The molecule has 12 heteroatoms. The molecular formula is C122H73Cl2N3O7. The number of anilines is 8. The lowest BCUT2D eigenvalue weighted by Gasteiger charge is -2.25. The monoisotopic (exact) mass is 1760 g/mol. The number of nitrogens with zero attached hydrogens (tertiary/aromatic N) is 2. The van der Waals surface area contributed by atoms with Crippen LogP contribution < -0.4 is 15.1 Å². The molecule has 0 spiro atoms. The molecule has 0 aliphatic rings. The van der Waals surface area contributed by atoms with Gasteiger partial charge in [-0.3, -0.25) is 0 Å². The summed E-state index contributed by atoms with van der Waals surface area (Å²) in [5.74, 6) is 0. The summed E-state index contributed by atoms with van der Waals surface area (Å²) >= 11 is 12.7. The Labute approximate surface area is 775 Å². The molecule has 10 nitrogen and oxygen atoms in total. The number of nitrogens with one attached hydrogen (secondary N) is 1. The highest BCUT2D eigenvalue weighted by Gasteiger charge is 2.29. The quantitative estimate of drug-likeness (QED) is 0.127. The Hall–Kier alpha value is -17.3. The lowest BCUT2D eigenvalue weighted by molar-refractivity contribution is 0.668. The second-order valence-electron chi connectivity index (χ2n) is 33.9. The van der Waals surface area contributed by atoms with Gasteiger partial charge in [0.1, 0.15) is 78.2 Å². The van der Waals surface area contributed by atoms with E-state index in [1.54, 1.807) is 0 Å². The third kappa shape index (κ3) is 13.2. The molecule has 0 atom stereocenters. The zero-order valence-corrected chi connectivity index (χ0v) is 73.1. The third-order valence-electron chi connectivity index (χ3n) is 26.0. The van der Waals surface area contributed by atoms with Gasteiger partial charge in [0.15, 0.2) is 0 Å². The number of hydrogen-bond donors (Lipinski definition) is 1. The Balaban J connectivity index is 0.000000132. The van der Waals surface area contributed by atoms with Crippen molar-refractivity contribution < 1.29 is 30.9 Å². The third-order valence-corrected chi connectivity index (χ3v) is 26.5. The van der Waals surface area contributed by atoms with Crippen LogP contribution in [-0.2, 0) is 0 Å². The summed E-state index contributed by atoms with van der Waals surface area (Å²) in [4.78, 5) is 4.54. The molecule has 0 unspecified atom stereocenters. The molecule has 0 amide bonds. The Morgan fingerprint density at radius 2 is 0.396 bits per heavy atom. The summed E-state index contributed by atoms with van der Waals surface area (Å²) in [6, 6.07) is 151. The fourth-order valence-corrected chi connectivity index (χ4v) is 20.3. The Morgan fingerprint density at radius 1 is 0.157 bits per heavy atom. The molecule has 134 heavy (non-hydrogen) atoms. The van der Waals surface area contributed by atoms with Crippen molar-refractivity contribution in [3.8, 4) is 44.5 Å². The molecule has 1 N–H and O–H groups in total. The van der Waals surface area contributed by atoms with Gasteiger partial charge in [0.05, 0.1) is 0 Å². The van der Waals surface area contributed by atoms with Crippen LogP contribution in [0.4, 0.5) is 45.5 Å². The molecule has 0 saturated heterocycles. The summed E-state index contributed by atoms with van der Waals surface area (Å²) in [6.07, 6.45) is 0. The van der Waals surface area contributed by atoms with Crippen molar-refractivity contribution in [1.82, 2.24) is 0 Å². The highest BCUT2D eigenvalue weighted by Crippen LogP contribution is 2.54. The minimum atomic E-state index is 0.648. The zero-order valence-electron chi connectivity index (χ0n) is 71.6. The average molecular weight is 1760 g/mol. The van der Waals surface area contributed by atoms with Gasteiger partial charge in [-0.1, -0.05) is 254 Å². The molecule has 28 aromatic rings. The first-order valence-corrected chi connectivity index (χ1v) is 45.4. The van der Waals surface area contributed by atoms with Gasteiger partial charge < -0.3 is 46.0 Å². The minimum absolute atomic E-state index is 0.648. The molecule has 0 radical (unpaired) electrons. The number of para-hydroxylation sites is 6. The van der Waals surface area contributed by atoms with E-state index in [0.29, 0.717) is 10.0 Å². The molecule has 21 aromatic carbocycles. The Kier molecular flexibility index (Phi) is 18.5. The van der Waals surface area contributed by atoms with Gasteiger partial charge in [0.25, 0.3) is 0 Å². The first kappa shape index (κ1) is 77.8. The van der Waals surface area contributed by atoms with Crippen LogP contribution in [0.3, 0.4) is 0 Å². The van der Waals surface area contributed by atoms with Crippen LogP contribution in [0.1, 0.15) is 0 Å². The van der Waals surface area contributed by atoms with E-state index < -0.39 is 0 Å². The van der Waals surface area contributed by atoms with Crippen molar-refractivity contribution in [3.05, 3.63) is 447 Å². The molecule has 0 saturated carbocycles. The average Bonchev–Trinajstić information content (AvgIpc) is 1.52. The number of rotatable bonds is 12. The molecule has 0 bridgehead atoms. The van der Waals surface area contributed by atoms with Crippen LogP contribution in [0.15, 0.2) is 468 Å². The van der Waals surface area contributed by atoms with Crippen molar-refractivity contribution >= 4 is 244 Å². The number of halogens is 2. The van der Waals surface area contributed by atoms with Gasteiger partial charge in [-0.2, -0.15) is 0 Å². The van der Waals surface area contributed by atoms with Crippen LogP contribution >= 0.6 is 23.2 Å². The number of furan rings is 7. The van der Waals surface area contributed by atoms with Crippen molar-refractivity contribution in [1.29, 1.82) is 0 Å². The summed E-state index contributed by atoms with van der Waals surface area (Å²) in [6.45, 7) is 0. The van der Waals surface area contributed by atoms with Crippen LogP contribution in [0, 0.1) is 0 Å². The van der Waals surface area contributed by atoms with Crippen LogP contribution in [0.5, 0.6) is 0 Å². The largest absolute Gasteiger partial charge is 0.456 e. The zero-order chi connectivity index (χ0) is 88.6. The van der Waals surface area contributed by atoms with E-state index in [2.05, 4.69) is 312 Å². The van der Waals surface area contributed by atoms with Crippen LogP contribution in [-0.4, -0.2) is 0 Å². The predicted octanol–water partition coefficient (Wildman–Crippen LogP) is 37.3. The van der Waals surface area contributed by atoms with Gasteiger partial charge in [-0.05, 0) is 208 Å². The van der Waals surface area contributed by atoms with Crippen molar-refractivity contribution in [2.24, 2.45) is 0 Å². The first-order chi connectivity index (χ1) is 66.2. The van der Waals surface area contributed by atoms with E-state index in [9.17, 15) is 0 Å². The van der Waals surface area contributed by atoms with Crippen molar-refractivity contribution in [3.63, 3.8) is 0 Å². The normalized spacial score (nSPS) is 11.8. The van der Waals surface area contributed by atoms with E-state index in [4.69, 9.17) is 54.1 Å². The van der Waals surface area contributed by atoms with E-state index in [1.165, 1.54) is 0 Å². The van der Waals surface area contributed by atoms with Crippen molar-refractivity contribution in [2.75, 3.05) is 15.1 Å². The predicted molar refractivity (Wildman–Crippen MR) is 556 cm³/mol. The second-order valence-corrected chi connectivity index (χ2v) is 34.8. The lowest BCUT2D eigenvalue weighted by atomic mass is 9.89. The standard InChI is InChI=1S/C70H42N2O4.C34H18Cl2O2.C18H13NO/c1-5-17-43(18-6-1)67-57-41-60-56-36-32-50(72(46-23-11-4-12-24-46)48-30-34-54-52-26-14-16-28-62(52)74-64(54)38-48)40-66(56)76-70(60)68(44-19-7-2-8-20-44)58(57)42-59-55-35-31-49(39-65(55)75-69(59)67)71(45-21-9-3-10-22-45)47-29-33-53-51-25-13-15-27-61(51)73-63(53)37-47;35-21-11-13-23-27-18-26-25(31(19-7-3-1-4-8-19)33(27)37-29(23)15-21)17-28-24-14-12-22(36)16-30(24)38-34(28)32(26)20-9-5-2-6-10-20;1-2-6-13(7-3-1)19-14-10-11-16-15-8-4-5-9-17(15)20-18(16)12-14/h1-42H;1-18H;1-12,19H. The molecule has 0 aliphatic heterocycles. The van der Waals surface area contributed by atoms with Crippen molar-refractivity contribution in [2.45, 2.75) is 0 Å². The Bertz CT molecular complexity index is 9040. The summed E-state index contributed by atoms with van der Waals surface area (Å²) in [5.41, 5.74) is 28.2. The van der Waals surface area contributed by atoms with Gasteiger partial charge >= 0.3 is 0 Å². The fourth-order valence-electron chi connectivity index (χ4n) is 20.0. The molecule has 28 rings (SSSR count). The maximum absolute atomic E-state index is 7.23. The van der Waals surface area contributed by atoms with Crippen LogP contribution in [0.2, 0.25) is 10.0 Å². The molecule has 632 valence electrons. The van der Waals surface area contributed by atoms with E-state index in [-0.39, 0.29) is 0 Å². The number of fused-ring (bicyclic) bond motifs is 23.